The highest BCUT2D eigenvalue weighted by Gasteiger charge is 2.20. The number of benzene rings is 1. The largest absolute Gasteiger partial charge is 0.507 e. The summed E-state index contributed by atoms with van der Waals surface area (Å²) in [5, 5.41) is 9.83. The minimum absolute atomic E-state index is 0.181. The molecule has 1 aromatic rings. The number of rotatable bonds is 8. The van der Waals surface area contributed by atoms with Gasteiger partial charge in [-0.3, -0.25) is 4.79 Å². The molecule has 0 amide bonds. The Hall–Kier alpha value is -1.51. The van der Waals surface area contributed by atoms with E-state index in [9.17, 15) is 9.90 Å². The second-order valence-corrected chi connectivity index (χ2v) is 6.27. The first-order chi connectivity index (χ1) is 10.4. The number of unbranched alkanes of at least 4 members (excludes halogenated alkanes) is 1. The number of aromatic hydroxyl groups is 1. The van der Waals surface area contributed by atoms with E-state index in [2.05, 4.69) is 13.8 Å². The Morgan fingerprint density at radius 1 is 1.23 bits per heavy atom. The van der Waals surface area contributed by atoms with E-state index < -0.39 is 0 Å². The van der Waals surface area contributed by atoms with Crippen LogP contribution in [0.5, 0.6) is 5.75 Å². The zero-order chi connectivity index (χ0) is 16.7. The van der Waals surface area contributed by atoms with Crippen molar-refractivity contribution >= 4 is 5.97 Å². The molecule has 0 heterocycles. The summed E-state index contributed by atoms with van der Waals surface area (Å²) in [5.74, 6) is 0.274. The van der Waals surface area contributed by atoms with Gasteiger partial charge in [-0.15, -0.1) is 0 Å². The summed E-state index contributed by atoms with van der Waals surface area (Å²) in [5.41, 5.74) is 2.49. The van der Waals surface area contributed by atoms with E-state index in [4.69, 9.17) is 4.74 Å². The lowest BCUT2D eigenvalue weighted by molar-refractivity contribution is -0.146. The molecule has 124 valence electrons. The molecule has 1 N–H and O–H groups in total. The van der Waals surface area contributed by atoms with Crippen molar-refractivity contribution in [3.8, 4) is 5.75 Å². The van der Waals surface area contributed by atoms with E-state index >= 15 is 0 Å². The number of phenolic OH excluding ortho intramolecular Hbond substituents is 1. The second kappa shape index (κ2) is 8.82. The standard InChI is InChI=1S/C19H30O3/c1-6-8-9-16(7-2)12-22-19(21)15(5)17-10-13(3)18(20)14(4)11-17/h10-11,15-16,20H,6-9,12H2,1-5H3. The number of carbonyl (C=O) groups is 1. The number of hydrogen-bond acceptors (Lipinski definition) is 3. The Bertz CT molecular complexity index is 470. The molecule has 0 bridgehead atoms. The van der Waals surface area contributed by atoms with E-state index in [1.165, 1.54) is 12.8 Å². The van der Waals surface area contributed by atoms with Crippen molar-refractivity contribution in [3.05, 3.63) is 28.8 Å². The molecular formula is C19H30O3. The van der Waals surface area contributed by atoms with Crippen LogP contribution < -0.4 is 0 Å². The zero-order valence-corrected chi connectivity index (χ0v) is 14.6. The summed E-state index contributed by atoms with van der Waals surface area (Å²) in [4.78, 5) is 12.3. The fourth-order valence-electron chi connectivity index (χ4n) is 2.60. The van der Waals surface area contributed by atoms with Crippen LogP contribution in [0.25, 0.3) is 0 Å². The Kier molecular flexibility index (Phi) is 7.43. The summed E-state index contributed by atoms with van der Waals surface area (Å²) in [6.45, 7) is 10.4. The highest BCUT2D eigenvalue weighted by molar-refractivity contribution is 5.78. The van der Waals surface area contributed by atoms with E-state index in [-0.39, 0.29) is 11.9 Å². The molecule has 0 saturated carbocycles. The quantitative estimate of drug-likeness (QED) is 0.697. The van der Waals surface area contributed by atoms with Crippen LogP contribution in [0.15, 0.2) is 12.1 Å². The average molecular weight is 306 g/mol. The van der Waals surface area contributed by atoms with Gasteiger partial charge >= 0.3 is 5.97 Å². The maximum atomic E-state index is 12.3. The van der Waals surface area contributed by atoms with Crippen molar-refractivity contribution in [2.45, 2.75) is 66.2 Å². The maximum absolute atomic E-state index is 12.3. The maximum Gasteiger partial charge on any atom is 0.313 e. The van der Waals surface area contributed by atoms with Crippen LogP contribution in [0.1, 0.15) is 69.1 Å². The van der Waals surface area contributed by atoms with Crippen molar-refractivity contribution in [1.29, 1.82) is 0 Å². The Labute approximate surface area is 134 Å². The average Bonchev–Trinajstić information content (AvgIpc) is 2.51. The van der Waals surface area contributed by atoms with Crippen LogP contribution in [0.3, 0.4) is 0 Å². The van der Waals surface area contributed by atoms with Gasteiger partial charge in [0.25, 0.3) is 0 Å². The van der Waals surface area contributed by atoms with Gasteiger partial charge in [-0.1, -0.05) is 45.2 Å². The second-order valence-electron chi connectivity index (χ2n) is 6.27. The minimum Gasteiger partial charge on any atom is -0.507 e. The van der Waals surface area contributed by atoms with Gasteiger partial charge in [0.1, 0.15) is 5.75 Å². The van der Waals surface area contributed by atoms with Crippen LogP contribution in [0, 0.1) is 19.8 Å². The highest BCUT2D eigenvalue weighted by atomic mass is 16.5. The number of esters is 1. The lowest BCUT2D eigenvalue weighted by atomic mass is 9.96. The lowest BCUT2D eigenvalue weighted by Gasteiger charge is -2.18. The third-order valence-electron chi connectivity index (χ3n) is 4.37. The van der Waals surface area contributed by atoms with E-state index in [1.54, 1.807) is 0 Å². The summed E-state index contributed by atoms with van der Waals surface area (Å²) < 4.78 is 5.52. The van der Waals surface area contributed by atoms with Gasteiger partial charge in [-0.2, -0.15) is 0 Å². The molecule has 0 aliphatic heterocycles. The molecule has 2 atom stereocenters. The first kappa shape index (κ1) is 18.5. The topological polar surface area (TPSA) is 46.5 Å². The number of phenols is 1. The number of carbonyl (C=O) groups excluding carboxylic acids is 1. The lowest BCUT2D eigenvalue weighted by Crippen LogP contribution is -2.18. The van der Waals surface area contributed by atoms with Crippen molar-refractivity contribution < 1.29 is 14.6 Å². The van der Waals surface area contributed by atoms with Crippen LogP contribution in [-0.2, 0) is 9.53 Å². The van der Waals surface area contributed by atoms with Crippen molar-refractivity contribution in [2.24, 2.45) is 5.92 Å². The molecule has 2 unspecified atom stereocenters. The van der Waals surface area contributed by atoms with Gasteiger partial charge in [0, 0.05) is 0 Å². The van der Waals surface area contributed by atoms with E-state index in [1.807, 2.05) is 32.9 Å². The summed E-state index contributed by atoms with van der Waals surface area (Å²) in [7, 11) is 0. The van der Waals surface area contributed by atoms with Crippen LogP contribution >= 0.6 is 0 Å². The van der Waals surface area contributed by atoms with E-state index in [0.29, 0.717) is 18.3 Å². The van der Waals surface area contributed by atoms with Gasteiger partial charge in [-0.25, -0.2) is 0 Å². The highest BCUT2D eigenvalue weighted by Crippen LogP contribution is 2.27. The molecule has 0 spiro atoms. The number of aryl methyl sites for hydroxylation is 2. The Morgan fingerprint density at radius 3 is 2.32 bits per heavy atom. The van der Waals surface area contributed by atoms with E-state index in [0.717, 1.165) is 29.5 Å². The first-order valence-electron chi connectivity index (χ1n) is 8.37. The fraction of sp³-hybridized carbons (Fsp3) is 0.632. The minimum atomic E-state index is -0.304. The molecule has 0 aliphatic carbocycles. The summed E-state index contributed by atoms with van der Waals surface area (Å²) in [6.07, 6.45) is 4.51. The van der Waals surface area contributed by atoms with Gasteiger partial charge < -0.3 is 9.84 Å². The van der Waals surface area contributed by atoms with Crippen molar-refractivity contribution in [1.82, 2.24) is 0 Å². The van der Waals surface area contributed by atoms with Gasteiger partial charge in [0.15, 0.2) is 0 Å². The van der Waals surface area contributed by atoms with Crippen LogP contribution in [-0.4, -0.2) is 17.7 Å². The monoisotopic (exact) mass is 306 g/mol. The van der Waals surface area contributed by atoms with Crippen molar-refractivity contribution in [3.63, 3.8) is 0 Å². The molecular weight excluding hydrogens is 276 g/mol. The summed E-state index contributed by atoms with van der Waals surface area (Å²) in [6, 6.07) is 3.73. The molecule has 0 saturated heterocycles. The van der Waals surface area contributed by atoms with Crippen LogP contribution in [0.4, 0.5) is 0 Å². The normalized spacial score (nSPS) is 13.7. The first-order valence-corrected chi connectivity index (χ1v) is 8.37. The zero-order valence-electron chi connectivity index (χ0n) is 14.6. The molecule has 0 aromatic heterocycles. The Morgan fingerprint density at radius 2 is 1.82 bits per heavy atom. The molecule has 0 fully saturated rings. The number of ether oxygens (including phenoxy) is 1. The Balaban J connectivity index is 2.65. The molecule has 3 heteroatoms. The smallest absolute Gasteiger partial charge is 0.313 e. The predicted octanol–water partition coefficient (Wildman–Crippen LogP) is 4.87. The SMILES string of the molecule is CCCCC(CC)COC(=O)C(C)c1cc(C)c(O)c(C)c1. The van der Waals surface area contributed by atoms with Gasteiger partial charge in [0.05, 0.1) is 12.5 Å². The fourth-order valence-corrected chi connectivity index (χ4v) is 2.60. The molecule has 0 aliphatic rings. The van der Waals surface area contributed by atoms with Crippen LogP contribution in [0.2, 0.25) is 0 Å². The summed E-state index contributed by atoms with van der Waals surface area (Å²) >= 11 is 0. The third-order valence-corrected chi connectivity index (χ3v) is 4.37. The molecule has 3 nitrogen and oxygen atoms in total. The molecule has 22 heavy (non-hydrogen) atoms. The number of hydrogen-bond donors (Lipinski definition) is 1. The predicted molar refractivity (Wildman–Crippen MR) is 90.3 cm³/mol. The third kappa shape index (κ3) is 5.04. The van der Waals surface area contributed by atoms with Gasteiger partial charge in [0.2, 0.25) is 0 Å². The molecule has 0 radical (unpaired) electrons. The van der Waals surface area contributed by atoms with Gasteiger partial charge in [-0.05, 0) is 49.8 Å². The molecule has 1 rings (SSSR count). The van der Waals surface area contributed by atoms with Crippen molar-refractivity contribution in [2.75, 3.05) is 6.61 Å². The molecule has 1 aromatic carbocycles.